The Kier molecular flexibility index (Phi) is 4.85. The molecule has 2 rings (SSSR count). The molecule has 0 bridgehead atoms. The van der Waals surface area contributed by atoms with Crippen molar-refractivity contribution in [2.45, 2.75) is 26.6 Å². The molecule has 0 radical (unpaired) electrons. The normalized spacial score (nSPS) is 11.8. The Labute approximate surface area is 129 Å². The third-order valence-electron chi connectivity index (χ3n) is 3.25. The summed E-state index contributed by atoms with van der Waals surface area (Å²) in [6.45, 7) is 4.22. The van der Waals surface area contributed by atoms with Gasteiger partial charge in [-0.1, -0.05) is 29.8 Å². The van der Waals surface area contributed by atoms with Crippen LogP contribution in [0.3, 0.4) is 0 Å². The number of hydrogen-bond acceptors (Lipinski definition) is 3. The molecule has 0 aliphatic carbocycles. The molecule has 2 aromatic rings. The fraction of sp³-hybridized carbons (Fsp3) is 0.235. The van der Waals surface area contributed by atoms with Crippen LogP contribution in [0.15, 0.2) is 36.4 Å². The van der Waals surface area contributed by atoms with Gasteiger partial charge in [0, 0.05) is 10.6 Å². The first-order valence-corrected chi connectivity index (χ1v) is 6.95. The van der Waals surface area contributed by atoms with Crippen LogP contribution in [0.4, 0.5) is 0 Å². The third-order valence-corrected chi connectivity index (χ3v) is 3.48. The van der Waals surface area contributed by atoms with Crippen LogP contribution in [0, 0.1) is 25.2 Å². The van der Waals surface area contributed by atoms with Gasteiger partial charge in [-0.15, -0.1) is 0 Å². The van der Waals surface area contributed by atoms with E-state index in [2.05, 4.69) is 0 Å². The van der Waals surface area contributed by atoms with E-state index >= 15 is 0 Å². The molecule has 0 aliphatic heterocycles. The molecule has 0 saturated carbocycles. The van der Waals surface area contributed by atoms with Gasteiger partial charge in [0.1, 0.15) is 12.4 Å². The van der Waals surface area contributed by atoms with E-state index in [1.54, 1.807) is 18.2 Å². The number of hydrogen-bond donors (Lipinski definition) is 1. The molecule has 0 fully saturated rings. The predicted molar refractivity (Wildman–Crippen MR) is 82.3 cm³/mol. The maximum absolute atomic E-state index is 9.74. The maximum Gasteiger partial charge on any atom is 0.166 e. The monoisotopic (exact) mass is 301 g/mol. The highest BCUT2D eigenvalue weighted by Crippen LogP contribution is 2.25. The zero-order valence-electron chi connectivity index (χ0n) is 11.9. The van der Waals surface area contributed by atoms with Crippen molar-refractivity contribution in [1.29, 1.82) is 5.26 Å². The Morgan fingerprint density at radius 1 is 1.24 bits per heavy atom. The van der Waals surface area contributed by atoms with Crippen LogP contribution in [0.25, 0.3) is 0 Å². The van der Waals surface area contributed by atoms with Crippen molar-refractivity contribution in [2.24, 2.45) is 0 Å². The van der Waals surface area contributed by atoms with Crippen LogP contribution in [-0.4, -0.2) is 5.11 Å². The van der Waals surface area contributed by atoms with Gasteiger partial charge in [0.05, 0.1) is 6.07 Å². The largest absolute Gasteiger partial charge is 0.489 e. The molecule has 1 N–H and O–H groups in total. The molecular formula is C17H16ClNO2. The Balaban J connectivity index is 2.25. The summed E-state index contributed by atoms with van der Waals surface area (Å²) >= 11 is 5.98. The van der Waals surface area contributed by atoms with Crippen molar-refractivity contribution in [1.82, 2.24) is 0 Å². The highest BCUT2D eigenvalue weighted by atomic mass is 35.5. The predicted octanol–water partition coefficient (Wildman–Crippen LogP) is 4.09. The number of halogens is 1. The maximum atomic E-state index is 9.74. The van der Waals surface area contributed by atoms with Gasteiger partial charge < -0.3 is 9.84 Å². The summed E-state index contributed by atoms with van der Waals surface area (Å²) in [4.78, 5) is 0. The first-order chi connectivity index (χ1) is 10.0. The summed E-state index contributed by atoms with van der Waals surface area (Å²) in [5, 5.41) is 19.2. The van der Waals surface area contributed by atoms with Gasteiger partial charge in [0.15, 0.2) is 6.10 Å². The number of aliphatic hydroxyl groups is 1. The zero-order valence-corrected chi connectivity index (χ0v) is 12.7. The number of rotatable bonds is 4. The average molecular weight is 302 g/mol. The standard InChI is InChI=1S/C17H16ClNO2/c1-11-3-4-12(2)17(7-11)21-10-13-8-14(18)5-6-15(13)16(20)9-19/h3-8,16,20H,10H2,1-2H3. The molecule has 21 heavy (non-hydrogen) atoms. The van der Waals surface area contributed by atoms with Crippen molar-refractivity contribution in [3.63, 3.8) is 0 Å². The number of aryl methyl sites for hydroxylation is 2. The van der Waals surface area contributed by atoms with Gasteiger partial charge in [-0.3, -0.25) is 0 Å². The lowest BCUT2D eigenvalue weighted by Gasteiger charge is -2.14. The Morgan fingerprint density at radius 3 is 2.71 bits per heavy atom. The van der Waals surface area contributed by atoms with Crippen LogP contribution in [-0.2, 0) is 6.61 Å². The van der Waals surface area contributed by atoms with Crippen molar-refractivity contribution in [3.8, 4) is 11.8 Å². The molecule has 0 aliphatic rings. The van der Waals surface area contributed by atoms with E-state index in [1.165, 1.54) is 0 Å². The van der Waals surface area contributed by atoms with E-state index in [4.69, 9.17) is 21.6 Å². The summed E-state index contributed by atoms with van der Waals surface area (Å²) in [6.07, 6.45) is -1.18. The molecule has 3 nitrogen and oxygen atoms in total. The van der Waals surface area contributed by atoms with Crippen molar-refractivity contribution < 1.29 is 9.84 Å². The van der Waals surface area contributed by atoms with Gasteiger partial charge >= 0.3 is 0 Å². The summed E-state index contributed by atoms with van der Waals surface area (Å²) in [5.74, 6) is 0.785. The molecule has 2 aromatic carbocycles. The summed E-state index contributed by atoms with van der Waals surface area (Å²) in [7, 11) is 0. The number of aliphatic hydroxyl groups excluding tert-OH is 1. The minimum absolute atomic E-state index is 0.249. The van der Waals surface area contributed by atoms with E-state index in [0.717, 1.165) is 16.9 Å². The Bertz CT molecular complexity index is 692. The van der Waals surface area contributed by atoms with E-state index < -0.39 is 6.10 Å². The van der Waals surface area contributed by atoms with Gasteiger partial charge in [-0.25, -0.2) is 0 Å². The first kappa shape index (κ1) is 15.4. The molecular weight excluding hydrogens is 286 g/mol. The van der Waals surface area contributed by atoms with Crippen LogP contribution in [0.2, 0.25) is 5.02 Å². The Hall–Kier alpha value is -2.02. The van der Waals surface area contributed by atoms with E-state index in [0.29, 0.717) is 16.1 Å². The molecule has 0 heterocycles. The fourth-order valence-corrected chi connectivity index (χ4v) is 2.25. The molecule has 0 aromatic heterocycles. The first-order valence-electron chi connectivity index (χ1n) is 6.57. The lowest BCUT2D eigenvalue weighted by Crippen LogP contribution is -2.04. The fourth-order valence-electron chi connectivity index (χ4n) is 2.05. The third kappa shape index (κ3) is 3.75. The number of nitriles is 1. The van der Waals surface area contributed by atoms with E-state index in [1.807, 2.05) is 38.1 Å². The Morgan fingerprint density at radius 2 is 2.00 bits per heavy atom. The van der Waals surface area contributed by atoms with Crippen molar-refractivity contribution in [2.75, 3.05) is 0 Å². The average Bonchev–Trinajstić information content (AvgIpc) is 2.47. The number of nitrogens with zero attached hydrogens (tertiary/aromatic N) is 1. The van der Waals surface area contributed by atoms with Gasteiger partial charge in [0.2, 0.25) is 0 Å². The topological polar surface area (TPSA) is 53.2 Å². The molecule has 1 unspecified atom stereocenters. The summed E-state index contributed by atoms with van der Waals surface area (Å²) in [6, 6.07) is 12.8. The van der Waals surface area contributed by atoms with Crippen molar-refractivity contribution >= 4 is 11.6 Å². The molecule has 0 amide bonds. The second kappa shape index (κ2) is 6.62. The quantitative estimate of drug-likeness (QED) is 0.865. The SMILES string of the molecule is Cc1ccc(C)c(OCc2cc(Cl)ccc2C(O)C#N)c1. The number of ether oxygens (including phenoxy) is 1. The molecule has 0 saturated heterocycles. The molecule has 0 spiro atoms. The van der Waals surface area contributed by atoms with E-state index in [9.17, 15) is 5.11 Å². The van der Waals surface area contributed by atoms with Crippen molar-refractivity contribution in [3.05, 3.63) is 63.7 Å². The lowest BCUT2D eigenvalue weighted by molar-refractivity contribution is 0.229. The second-order valence-electron chi connectivity index (χ2n) is 4.93. The second-order valence-corrected chi connectivity index (χ2v) is 5.37. The van der Waals surface area contributed by atoms with Crippen LogP contribution >= 0.6 is 11.6 Å². The van der Waals surface area contributed by atoms with Crippen LogP contribution in [0.5, 0.6) is 5.75 Å². The highest BCUT2D eigenvalue weighted by molar-refractivity contribution is 6.30. The van der Waals surface area contributed by atoms with Crippen LogP contribution in [0.1, 0.15) is 28.4 Å². The minimum Gasteiger partial charge on any atom is -0.489 e. The van der Waals surface area contributed by atoms with Gasteiger partial charge in [-0.2, -0.15) is 5.26 Å². The zero-order chi connectivity index (χ0) is 15.4. The molecule has 108 valence electrons. The molecule has 4 heteroatoms. The van der Waals surface area contributed by atoms with Crippen LogP contribution < -0.4 is 4.74 Å². The van der Waals surface area contributed by atoms with Gasteiger partial charge in [0.25, 0.3) is 0 Å². The van der Waals surface area contributed by atoms with E-state index in [-0.39, 0.29) is 6.61 Å². The summed E-state index contributed by atoms with van der Waals surface area (Å²) in [5.41, 5.74) is 3.37. The highest BCUT2D eigenvalue weighted by Gasteiger charge is 2.13. The smallest absolute Gasteiger partial charge is 0.166 e. The van der Waals surface area contributed by atoms with Gasteiger partial charge in [-0.05, 0) is 48.7 Å². The molecule has 1 atom stereocenters. The number of benzene rings is 2. The summed E-state index contributed by atoms with van der Waals surface area (Å²) < 4.78 is 5.81. The minimum atomic E-state index is -1.18. The lowest BCUT2D eigenvalue weighted by atomic mass is 10.0.